The van der Waals surface area contributed by atoms with Gasteiger partial charge in [-0.2, -0.15) is 17.4 Å². The zero-order valence-corrected chi connectivity index (χ0v) is 11.7. The Balaban J connectivity index is 2.05. The summed E-state index contributed by atoms with van der Waals surface area (Å²) in [6.45, 7) is 1.86. The highest BCUT2D eigenvalue weighted by atomic mass is 32.2. The molecule has 7 nitrogen and oxygen atoms in total. The van der Waals surface area contributed by atoms with E-state index in [1.165, 1.54) is 0 Å². The Bertz CT molecular complexity index is 420. The van der Waals surface area contributed by atoms with Crippen molar-refractivity contribution in [2.45, 2.75) is 44.2 Å². The van der Waals surface area contributed by atoms with E-state index in [0.29, 0.717) is 6.42 Å². The van der Waals surface area contributed by atoms with Crippen molar-refractivity contribution in [3.05, 3.63) is 0 Å². The second-order valence-corrected chi connectivity index (χ2v) is 6.76. The van der Waals surface area contributed by atoms with E-state index in [2.05, 4.69) is 10.0 Å². The van der Waals surface area contributed by atoms with Gasteiger partial charge in [0.2, 0.25) is 0 Å². The normalized spacial score (nSPS) is 27.3. The molecular weight excluding hydrogens is 270 g/mol. The number of hydrogen-bond donors (Lipinski definition) is 3. The SMILES string of the molecule is O=C(O)C1CCCCN1S(=O)(=O)NC1CCNCC1. The number of rotatable bonds is 4. The molecule has 0 saturated carbocycles. The summed E-state index contributed by atoms with van der Waals surface area (Å²) in [4.78, 5) is 11.2. The van der Waals surface area contributed by atoms with Crippen LogP contribution in [0.3, 0.4) is 0 Å². The van der Waals surface area contributed by atoms with Gasteiger partial charge in [-0.15, -0.1) is 0 Å². The summed E-state index contributed by atoms with van der Waals surface area (Å²) in [7, 11) is -3.70. The van der Waals surface area contributed by atoms with Crippen molar-refractivity contribution in [2.75, 3.05) is 19.6 Å². The molecule has 0 aliphatic carbocycles. The van der Waals surface area contributed by atoms with E-state index in [-0.39, 0.29) is 12.6 Å². The van der Waals surface area contributed by atoms with Crippen molar-refractivity contribution in [2.24, 2.45) is 0 Å². The van der Waals surface area contributed by atoms with Crippen molar-refractivity contribution in [3.63, 3.8) is 0 Å². The molecule has 3 N–H and O–H groups in total. The van der Waals surface area contributed by atoms with Crippen LogP contribution in [-0.4, -0.2) is 55.5 Å². The average Bonchev–Trinajstić information content (AvgIpc) is 2.39. The van der Waals surface area contributed by atoms with Crippen molar-refractivity contribution >= 4 is 16.2 Å². The zero-order chi connectivity index (χ0) is 13.9. The van der Waals surface area contributed by atoms with Crippen LogP contribution in [-0.2, 0) is 15.0 Å². The Labute approximate surface area is 113 Å². The van der Waals surface area contributed by atoms with Crippen molar-refractivity contribution < 1.29 is 18.3 Å². The van der Waals surface area contributed by atoms with Gasteiger partial charge in [-0.1, -0.05) is 0 Å². The summed E-state index contributed by atoms with van der Waals surface area (Å²) in [5.41, 5.74) is 0. The van der Waals surface area contributed by atoms with Crippen LogP contribution in [0.5, 0.6) is 0 Å². The lowest BCUT2D eigenvalue weighted by molar-refractivity contribution is -0.142. The third-order valence-electron chi connectivity index (χ3n) is 3.70. The molecule has 2 heterocycles. The minimum atomic E-state index is -3.70. The van der Waals surface area contributed by atoms with Gasteiger partial charge >= 0.3 is 5.97 Å². The highest BCUT2D eigenvalue weighted by Crippen LogP contribution is 2.20. The number of carbonyl (C=O) groups is 1. The zero-order valence-electron chi connectivity index (χ0n) is 10.8. The predicted molar refractivity (Wildman–Crippen MR) is 69.9 cm³/mol. The fraction of sp³-hybridized carbons (Fsp3) is 0.909. The number of nitrogens with zero attached hydrogens (tertiary/aromatic N) is 1. The van der Waals surface area contributed by atoms with Gasteiger partial charge in [0.05, 0.1) is 0 Å². The summed E-state index contributed by atoms with van der Waals surface area (Å²) in [6.07, 6.45) is 3.35. The molecule has 0 amide bonds. The number of carboxylic acids is 1. The monoisotopic (exact) mass is 291 g/mol. The fourth-order valence-electron chi connectivity index (χ4n) is 2.66. The largest absolute Gasteiger partial charge is 0.480 e. The van der Waals surface area contributed by atoms with Crippen LogP contribution in [0.1, 0.15) is 32.1 Å². The van der Waals surface area contributed by atoms with E-state index in [4.69, 9.17) is 5.11 Å². The van der Waals surface area contributed by atoms with Gasteiger partial charge in [-0.25, -0.2) is 0 Å². The maximum atomic E-state index is 12.3. The number of nitrogens with one attached hydrogen (secondary N) is 2. The first-order chi connectivity index (χ1) is 9.00. The predicted octanol–water partition coefficient (Wildman–Crippen LogP) is -0.488. The van der Waals surface area contributed by atoms with Gasteiger partial charge in [0.25, 0.3) is 10.2 Å². The van der Waals surface area contributed by atoms with Crippen LogP contribution in [0.25, 0.3) is 0 Å². The first-order valence-electron chi connectivity index (χ1n) is 6.73. The minimum absolute atomic E-state index is 0.0948. The smallest absolute Gasteiger partial charge is 0.322 e. The van der Waals surface area contributed by atoms with Crippen molar-refractivity contribution in [1.29, 1.82) is 0 Å². The molecule has 0 aromatic rings. The number of aliphatic carboxylic acids is 1. The van der Waals surface area contributed by atoms with E-state index in [0.717, 1.165) is 43.1 Å². The molecule has 0 aromatic heterocycles. The van der Waals surface area contributed by atoms with Crippen molar-refractivity contribution in [1.82, 2.24) is 14.3 Å². The molecule has 0 aromatic carbocycles. The van der Waals surface area contributed by atoms with Crippen LogP contribution in [0.15, 0.2) is 0 Å². The van der Waals surface area contributed by atoms with Gasteiger partial charge < -0.3 is 10.4 Å². The molecule has 2 aliphatic rings. The molecule has 2 saturated heterocycles. The minimum Gasteiger partial charge on any atom is -0.480 e. The number of carboxylic acid groups (broad SMARTS) is 1. The van der Waals surface area contributed by atoms with E-state index >= 15 is 0 Å². The van der Waals surface area contributed by atoms with Crippen LogP contribution in [0.2, 0.25) is 0 Å². The summed E-state index contributed by atoms with van der Waals surface area (Å²) in [6, 6.07) is -1.02. The van der Waals surface area contributed by atoms with Crippen LogP contribution in [0, 0.1) is 0 Å². The second-order valence-electron chi connectivity index (χ2n) is 5.11. The lowest BCUT2D eigenvalue weighted by Gasteiger charge is -2.34. The highest BCUT2D eigenvalue weighted by Gasteiger charge is 2.37. The molecule has 1 atom stereocenters. The molecule has 0 spiro atoms. The van der Waals surface area contributed by atoms with Gasteiger partial charge in [-0.05, 0) is 45.2 Å². The van der Waals surface area contributed by atoms with Crippen molar-refractivity contribution in [3.8, 4) is 0 Å². The van der Waals surface area contributed by atoms with E-state index in [1.807, 2.05) is 0 Å². The Morgan fingerprint density at radius 2 is 1.89 bits per heavy atom. The molecule has 2 aliphatic heterocycles. The fourth-order valence-corrected chi connectivity index (χ4v) is 4.35. The molecule has 110 valence electrons. The maximum Gasteiger partial charge on any atom is 0.322 e. The average molecular weight is 291 g/mol. The Morgan fingerprint density at radius 1 is 1.21 bits per heavy atom. The third-order valence-corrected chi connectivity index (χ3v) is 5.39. The first kappa shape index (κ1) is 14.7. The molecule has 19 heavy (non-hydrogen) atoms. The summed E-state index contributed by atoms with van der Waals surface area (Å²) in [5, 5.41) is 12.3. The maximum absolute atomic E-state index is 12.3. The highest BCUT2D eigenvalue weighted by molar-refractivity contribution is 7.87. The quantitative estimate of drug-likeness (QED) is 0.649. The third kappa shape index (κ3) is 3.65. The molecule has 1 unspecified atom stereocenters. The number of piperidine rings is 2. The van der Waals surface area contributed by atoms with Gasteiger partial charge in [0.15, 0.2) is 0 Å². The Kier molecular flexibility index (Phi) is 4.77. The molecule has 2 fully saturated rings. The summed E-state index contributed by atoms with van der Waals surface area (Å²) in [5.74, 6) is -1.06. The summed E-state index contributed by atoms with van der Waals surface area (Å²) < 4.78 is 28.4. The van der Waals surface area contributed by atoms with Crippen LogP contribution < -0.4 is 10.0 Å². The Morgan fingerprint density at radius 3 is 2.53 bits per heavy atom. The number of hydrogen-bond acceptors (Lipinski definition) is 4. The Hall–Kier alpha value is -0.700. The van der Waals surface area contributed by atoms with Gasteiger partial charge in [-0.3, -0.25) is 4.79 Å². The lowest BCUT2D eigenvalue weighted by atomic mass is 10.1. The molecule has 0 bridgehead atoms. The molecule has 0 radical (unpaired) electrons. The van der Waals surface area contributed by atoms with E-state index in [1.54, 1.807) is 0 Å². The van der Waals surface area contributed by atoms with Gasteiger partial charge in [0, 0.05) is 12.6 Å². The van der Waals surface area contributed by atoms with Crippen LogP contribution >= 0.6 is 0 Å². The second kappa shape index (κ2) is 6.17. The van der Waals surface area contributed by atoms with Gasteiger partial charge in [0.1, 0.15) is 6.04 Å². The van der Waals surface area contributed by atoms with E-state index in [9.17, 15) is 13.2 Å². The topological polar surface area (TPSA) is 98.7 Å². The molecular formula is C11H21N3O4S. The van der Waals surface area contributed by atoms with E-state index < -0.39 is 22.2 Å². The molecule has 2 rings (SSSR count). The standard InChI is InChI=1S/C11H21N3O4S/c15-11(16)10-3-1-2-8-14(10)19(17,18)13-9-4-6-12-7-5-9/h9-10,12-13H,1-8H2,(H,15,16). The van der Waals surface area contributed by atoms with Crippen LogP contribution in [0.4, 0.5) is 0 Å². The summed E-state index contributed by atoms with van der Waals surface area (Å²) >= 11 is 0. The molecule has 8 heteroatoms. The lowest BCUT2D eigenvalue weighted by Crippen LogP contribution is -2.55. The first-order valence-corrected chi connectivity index (χ1v) is 8.17.